The van der Waals surface area contributed by atoms with Crippen molar-refractivity contribution in [2.75, 3.05) is 19.0 Å². The molecule has 0 amide bonds. The van der Waals surface area contributed by atoms with Gasteiger partial charge in [-0.3, -0.25) is 9.11 Å². The summed E-state index contributed by atoms with van der Waals surface area (Å²) in [5.41, 5.74) is 6.03. The molecule has 0 heterocycles. The van der Waals surface area contributed by atoms with E-state index in [1.165, 1.54) is 36.4 Å². The molecule has 1 aliphatic carbocycles. The number of nitrogens with zero attached hydrogens (tertiary/aromatic N) is 2. The molecule has 0 aromatic heterocycles. The minimum atomic E-state index is -4.64. The Balaban J connectivity index is 0.00000562. The van der Waals surface area contributed by atoms with Crippen molar-refractivity contribution < 1.29 is 43.5 Å². The number of hydrogen-bond acceptors (Lipinski definition) is 8. The first kappa shape index (κ1) is 39.1. The van der Waals surface area contributed by atoms with Gasteiger partial charge < -0.3 is 9.45 Å². The van der Waals surface area contributed by atoms with Crippen LogP contribution in [0.3, 0.4) is 0 Å². The van der Waals surface area contributed by atoms with Gasteiger partial charge in [-0.25, -0.2) is 13.0 Å². The molecule has 1 aliphatic rings. The standard InChI is InChI=1S/C35H32N2O9S3.Na/c1-36(23-25-5-3-7-33(21-25)48(41,42)43)30-15-9-27(10-16-30)35(29-13-19-32(20-14-29)47(38,39)40)28-11-17-31(18-12-28)37(2)24-26-6-4-8-34(22-26)49(44,45)46;/h3-22H,23-24H2,1-2H3,(H2-,38,39,40,41,42,43,44,45,46);. The molecule has 0 aliphatic heterocycles. The van der Waals surface area contributed by atoms with Gasteiger partial charge in [-0.05, 0) is 88.5 Å². The fourth-order valence-electron chi connectivity index (χ4n) is 5.39. The molecule has 11 nitrogen and oxygen atoms in total. The van der Waals surface area contributed by atoms with E-state index >= 15 is 0 Å². The summed E-state index contributed by atoms with van der Waals surface area (Å²) >= 11 is 0. The Morgan fingerprint density at radius 1 is 0.680 bits per heavy atom. The van der Waals surface area contributed by atoms with Gasteiger partial charge >= 0.3 is 0 Å². The van der Waals surface area contributed by atoms with Crippen LogP contribution in [0.2, 0.25) is 0 Å². The normalized spacial score (nSPS) is 13.1. The maximum absolute atomic E-state index is 11.6. The van der Waals surface area contributed by atoms with Crippen LogP contribution in [0, 0.1) is 0 Å². The van der Waals surface area contributed by atoms with E-state index in [0.717, 1.165) is 28.1 Å². The molecule has 50 heavy (non-hydrogen) atoms. The van der Waals surface area contributed by atoms with Crippen molar-refractivity contribution in [2.24, 2.45) is 0 Å². The SMILES string of the molecule is CN(Cc1cccc(S(=O)(=O)O)c1)c1ccc(C(=C2C=CC(=[N+](C)Cc3cccc(S(=O)(=O)O)c3)C=C2)c2ccc(S(=O)(=O)[O-])cc2)cc1.[Na]. The fraction of sp³-hybridized carbons (Fsp3) is 0.114. The predicted octanol–water partition coefficient (Wildman–Crippen LogP) is 4.55. The molecule has 4 aromatic carbocycles. The molecule has 255 valence electrons. The molecule has 0 saturated heterocycles. The number of anilines is 1. The molecular formula is C35H32N2NaO9S3. The van der Waals surface area contributed by atoms with Crippen LogP contribution in [-0.4, -0.2) is 92.9 Å². The summed E-state index contributed by atoms with van der Waals surface area (Å²) in [6, 6.07) is 25.4. The first-order valence-electron chi connectivity index (χ1n) is 14.7. The number of hydrogen-bond donors (Lipinski definition) is 2. The summed E-state index contributed by atoms with van der Waals surface area (Å²) in [6.45, 7) is 0.721. The zero-order chi connectivity index (χ0) is 35.6. The van der Waals surface area contributed by atoms with Crippen LogP contribution in [-0.2, 0) is 43.4 Å². The Morgan fingerprint density at radius 3 is 1.66 bits per heavy atom. The summed E-state index contributed by atoms with van der Waals surface area (Å²) in [5, 5.41) is 0. The van der Waals surface area contributed by atoms with Crippen LogP contribution in [0.25, 0.3) is 5.57 Å². The molecule has 0 saturated carbocycles. The Morgan fingerprint density at radius 2 is 1.16 bits per heavy atom. The van der Waals surface area contributed by atoms with Crippen LogP contribution >= 0.6 is 0 Å². The van der Waals surface area contributed by atoms with E-state index in [4.69, 9.17) is 0 Å². The molecular weight excluding hydrogens is 712 g/mol. The van der Waals surface area contributed by atoms with Gasteiger partial charge in [-0.15, -0.1) is 0 Å². The van der Waals surface area contributed by atoms with Crippen molar-refractivity contribution in [3.8, 4) is 0 Å². The van der Waals surface area contributed by atoms with E-state index in [1.807, 2.05) is 72.1 Å². The van der Waals surface area contributed by atoms with Gasteiger partial charge in [0, 0.05) is 66.6 Å². The van der Waals surface area contributed by atoms with Crippen LogP contribution < -0.4 is 4.90 Å². The third-order valence-electron chi connectivity index (χ3n) is 7.86. The van der Waals surface area contributed by atoms with Crippen LogP contribution in [0.5, 0.6) is 0 Å². The Hall–Kier alpha value is -3.70. The second-order valence-corrected chi connectivity index (χ2v) is 15.6. The third kappa shape index (κ3) is 9.75. The van der Waals surface area contributed by atoms with Gasteiger partial charge in [0.25, 0.3) is 20.2 Å². The third-order valence-corrected chi connectivity index (χ3v) is 10.4. The van der Waals surface area contributed by atoms with Crippen molar-refractivity contribution in [3.05, 3.63) is 149 Å². The molecule has 0 spiro atoms. The quantitative estimate of drug-likeness (QED) is 0.133. The largest absolute Gasteiger partial charge is 0.744 e. The Labute approximate surface area is 314 Å². The van der Waals surface area contributed by atoms with E-state index in [2.05, 4.69) is 0 Å². The second kappa shape index (κ2) is 15.7. The molecule has 0 fully saturated rings. The van der Waals surface area contributed by atoms with Crippen LogP contribution in [0.15, 0.2) is 142 Å². The van der Waals surface area contributed by atoms with Gasteiger partial charge in [0.2, 0.25) is 0 Å². The minimum absolute atomic E-state index is 0. The molecule has 2 N–H and O–H groups in total. The van der Waals surface area contributed by atoms with E-state index < -0.39 is 30.4 Å². The molecule has 0 bridgehead atoms. The molecule has 4 aromatic rings. The van der Waals surface area contributed by atoms with Crippen molar-refractivity contribution in [1.82, 2.24) is 0 Å². The van der Waals surface area contributed by atoms with Crippen molar-refractivity contribution >= 4 is 76.9 Å². The summed E-state index contributed by atoms with van der Waals surface area (Å²) in [5.74, 6) is 0. The van der Waals surface area contributed by atoms with Gasteiger partial charge in [0.1, 0.15) is 17.2 Å². The average Bonchev–Trinajstić information content (AvgIpc) is 3.05. The monoisotopic (exact) mass is 743 g/mol. The number of rotatable bonds is 10. The van der Waals surface area contributed by atoms with Gasteiger partial charge in [-0.1, -0.05) is 48.5 Å². The van der Waals surface area contributed by atoms with Crippen molar-refractivity contribution in [2.45, 2.75) is 27.8 Å². The van der Waals surface area contributed by atoms with E-state index in [-0.39, 0.29) is 44.2 Å². The first-order chi connectivity index (χ1) is 23.0. The zero-order valence-corrected chi connectivity index (χ0v) is 31.8. The van der Waals surface area contributed by atoms with Gasteiger partial charge in [-0.2, -0.15) is 16.8 Å². The van der Waals surface area contributed by atoms with Crippen molar-refractivity contribution in [3.63, 3.8) is 0 Å². The molecule has 0 atom stereocenters. The topological polar surface area (TPSA) is 172 Å². The summed E-state index contributed by atoms with van der Waals surface area (Å²) in [7, 11) is -9.63. The zero-order valence-electron chi connectivity index (χ0n) is 27.3. The van der Waals surface area contributed by atoms with Crippen LogP contribution in [0.4, 0.5) is 5.69 Å². The van der Waals surface area contributed by atoms with Gasteiger partial charge in [0.05, 0.1) is 14.7 Å². The first-order valence-corrected chi connectivity index (χ1v) is 19.0. The second-order valence-electron chi connectivity index (χ2n) is 11.4. The predicted molar refractivity (Wildman–Crippen MR) is 190 cm³/mol. The Bertz CT molecular complexity index is 2350. The van der Waals surface area contributed by atoms with Gasteiger partial charge in [0.15, 0.2) is 12.3 Å². The van der Waals surface area contributed by atoms with E-state index in [0.29, 0.717) is 29.8 Å². The number of benzene rings is 4. The van der Waals surface area contributed by atoms with E-state index in [1.54, 1.807) is 36.4 Å². The molecule has 5 rings (SSSR count). The molecule has 0 unspecified atom stereocenters. The summed E-state index contributed by atoms with van der Waals surface area (Å²) < 4.78 is 102. The smallest absolute Gasteiger partial charge is 0.294 e. The number of allylic oxidation sites excluding steroid dienone is 5. The molecule has 15 heteroatoms. The van der Waals surface area contributed by atoms with E-state index in [9.17, 15) is 38.9 Å². The minimum Gasteiger partial charge on any atom is -0.744 e. The maximum Gasteiger partial charge on any atom is 0.294 e. The molecule has 1 radical (unpaired) electrons. The fourth-order valence-corrected chi connectivity index (χ4v) is 6.96. The maximum atomic E-state index is 11.6. The Kier molecular flexibility index (Phi) is 12.3. The van der Waals surface area contributed by atoms with Crippen molar-refractivity contribution in [1.29, 1.82) is 0 Å². The average molecular weight is 744 g/mol. The summed E-state index contributed by atoms with van der Waals surface area (Å²) in [6.07, 6.45) is 7.58. The van der Waals surface area contributed by atoms with Crippen LogP contribution in [0.1, 0.15) is 22.3 Å². The summed E-state index contributed by atoms with van der Waals surface area (Å²) in [4.78, 5) is 1.19.